The molecule has 1 aromatic carbocycles. The van der Waals surface area contributed by atoms with Gasteiger partial charge in [-0.3, -0.25) is 4.90 Å². The number of hydrogen-bond acceptors (Lipinski definition) is 5. The minimum atomic E-state index is 0.525. The molecule has 1 aromatic heterocycles. The molecule has 3 rings (SSSR count). The van der Waals surface area contributed by atoms with Crippen LogP contribution in [-0.2, 0) is 13.0 Å². The second kappa shape index (κ2) is 8.76. The fourth-order valence-electron chi connectivity index (χ4n) is 3.06. The van der Waals surface area contributed by atoms with Gasteiger partial charge in [-0.25, -0.2) is 0 Å². The van der Waals surface area contributed by atoms with Crippen molar-refractivity contribution < 1.29 is 4.52 Å². The van der Waals surface area contributed by atoms with Crippen molar-refractivity contribution in [3.05, 3.63) is 53.7 Å². The van der Waals surface area contributed by atoms with Crippen LogP contribution in [0, 0.1) is 0 Å². The minimum absolute atomic E-state index is 0.525. The number of nitrogens with zero attached hydrogens (tertiary/aromatic N) is 3. The Morgan fingerprint density at radius 1 is 1.33 bits per heavy atom. The third kappa shape index (κ3) is 5.01. The van der Waals surface area contributed by atoms with Crippen LogP contribution in [0.2, 0.25) is 0 Å². The number of aromatic nitrogens is 2. The molecule has 1 aliphatic rings. The van der Waals surface area contributed by atoms with Crippen LogP contribution in [-0.4, -0.2) is 40.7 Å². The average Bonchev–Trinajstić information content (AvgIpc) is 3.08. The fourth-order valence-corrected chi connectivity index (χ4v) is 3.06. The predicted molar refractivity (Wildman–Crippen MR) is 95.5 cm³/mol. The van der Waals surface area contributed by atoms with Gasteiger partial charge in [-0.15, -0.1) is 0 Å². The first-order chi connectivity index (χ1) is 11.8. The maximum atomic E-state index is 5.19. The minimum Gasteiger partial charge on any atom is -0.339 e. The van der Waals surface area contributed by atoms with Gasteiger partial charge in [0.05, 0.1) is 6.54 Å². The number of aryl methyl sites for hydroxylation is 1. The van der Waals surface area contributed by atoms with Crippen molar-refractivity contribution in [1.29, 1.82) is 0 Å². The summed E-state index contributed by atoms with van der Waals surface area (Å²) in [6.07, 6.45) is 7.59. The summed E-state index contributed by atoms with van der Waals surface area (Å²) in [5.41, 5.74) is 1.24. The van der Waals surface area contributed by atoms with Gasteiger partial charge in [0.25, 0.3) is 0 Å². The zero-order chi connectivity index (χ0) is 16.6. The van der Waals surface area contributed by atoms with Crippen LogP contribution in [0.4, 0.5) is 0 Å². The first kappa shape index (κ1) is 16.9. The summed E-state index contributed by atoms with van der Waals surface area (Å²) in [6, 6.07) is 10.9. The highest BCUT2D eigenvalue weighted by atomic mass is 16.5. The van der Waals surface area contributed by atoms with Crippen LogP contribution in [0.3, 0.4) is 0 Å². The molecule has 1 aliphatic heterocycles. The van der Waals surface area contributed by atoms with E-state index in [1.807, 2.05) is 13.0 Å². The lowest BCUT2D eigenvalue weighted by atomic mass is 10.1. The van der Waals surface area contributed by atoms with Crippen molar-refractivity contribution in [3.8, 4) is 0 Å². The molecule has 24 heavy (non-hydrogen) atoms. The van der Waals surface area contributed by atoms with E-state index in [0.717, 1.165) is 44.3 Å². The first-order valence-corrected chi connectivity index (χ1v) is 8.82. The zero-order valence-electron chi connectivity index (χ0n) is 14.3. The predicted octanol–water partition coefficient (Wildman–Crippen LogP) is 2.90. The Hall–Kier alpha value is -1.98. The van der Waals surface area contributed by atoms with E-state index < -0.39 is 0 Å². The standard InChI is InChI=1S/C19H26N4O/c1-2-19-21-18(22-24-19)15-23-13-7-11-17(14-23)20-12-6-10-16-8-4-3-5-9-16/h3-6,8-10,17,20H,2,7,11-15H2,1H3/b10-6-/t17-/m1/s1. The highest BCUT2D eigenvalue weighted by molar-refractivity contribution is 5.48. The number of hydrogen-bond donors (Lipinski definition) is 1. The molecule has 5 heteroatoms. The summed E-state index contributed by atoms with van der Waals surface area (Å²) < 4.78 is 5.19. The Kier molecular flexibility index (Phi) is 6.15. The SMILES string of the molecule is CCc1nc(CN2CCC[C@@H](NC/C=C\c3ccccc3)C2)no1. The van der Waals surface area contributed by atoms with Gasteiger partial charge in [-0.2, -0.15) is 4.98 Å². The molecule has 0 aliphatic carbocycles. The van der Waals surface area contributed by atoms with E-state index in [1.165, 1.54) is 18.4 Å². The molecule has 0 amide bonds. The first-order valence-electron chi connectivity index (χ1n) is 8.82. The maximum absolute atomic E-state index is 5.19. The molecular weight excluding hydrogens is 300 g/mol. The van der Waals surface area contributed by atoms with Gasteiger partial charge in [-0.1, -0.05) is 54.6 Å². The fraction of sp³-hybridized carbons (Fsp3) is 0.474. The molecule has 0 unspecified atom stereocenters. The van der Waals surface area contributed by atoms with E-state index >= 15 is 0 Å². The van der Waals surface area contributed by atoms with Crippen molar-refractivity contribution in [2.75, 3.05) is 19.6 Å². The Balaban J connectivity index is 1.42. The third-order valence-corrected chi connectivity index (χ3v) is 4.32. The van der Waals surface area contributed by atoms with Crippen LogP contribution in [0.1, 0.15) is 37.0 Å². The molecule has 2 aromatic rings. The van der Waals surface area contributed by atoms with E-state index in [-0.39, 0.29) is 0 Å². The third-order valence-electron chi connectivity index (χ3n) is 4.32. The smallest absolute Gasteiger partial charge is 0.226 e. The van der Waals surface area contributed by atoms with Gasteiger partial charge < -0.3 is 9.84 Å². The molecule has 1 N–H and O–H groups in total. The van der Waals surface area contributed by atoms with E-state index in [1.54, 1.807) is 0 Å². The lowest BCUT2D eigenvalue weighted by Crippen LogP contribution is -2.45. The van der Waals surface area contributed by atoms with Crippen LogP contribution in [0.5, 0.6) is 0 Å². The molecule has 0 bridgehead atoms. The maximum Gasteiger partial charge on any atom is 0.226 e. The number of nitrogens with one attached hydrogen (secondary N) is 1. The molecule has 0 saturated carbocycles. The number of benzene rings is 1. The molecule has 2 heterocycles. The number of piperidine rings is 1. The van der Waals surface area contributed by atoms with Crippen LogP contribution in [0.15, 0.2) is 40.9 Å². The topological polar surface area (TPSA) is 54.2 Å². The molecule has 1 fully saturated rings. The van der Waals surface area contributed by atoms with Gasteiger partial charge in [0, 0.05) is 25.6 Å². The summed E-state index contributed by atoms with van der Waals surface area (Å²) in [6.45, 7) is 5.85. The largest absolute Gasteiger partial charge is 0.339 e. The van der Waals surface area contributed by atoms with Crippen molar-refractivity contribution in [3.63, 3.8) is 0 Å². The van der Waals surface area contributed by atoms with Gasteiger partial charge in [0.15, 0.2) is 5.82 Å². The van der Waals surface area contributed by atoms with Crippen LogP contribution < -0.4 is 5.32 Å². The number of likely N-dealkylation sites (tertiary alicyclic amines) is 1. The van der Waals surface area contributed by atoms with Gasteiger partial charge in [0.2, 0.25) is 5.89 Å². The summed E-state index contributed by atoms with van der Waals surface area (Å²) in [4.78, 5) is 6.81. The highest BCUT2D eigenvalue weighted by Crippen LogP contribution is 2.13. The van der Waals surface area contributed by atoms with E-state index in [4.69, 9.17) is 4.52 Å². The average molecular weight is 326 g/mol. The van der Waals surface area contributed by atoms with Crippen molar-refractivity contribution in [1.82, 2.24) is 20.4 Å². The van der Waals surface area contributed by atoms with E-state index in [2.05, 4.69) is 56.8 Å². The second-order valence-corrected chi connectivity index (χ2v) is 6.25. The lowest BCUT2D eigenvalue weighted by Gasteiger charge is -2.32. The van der Waals surface area contributed by atoms with Gasteiger partial charge in [-0.05, 0) is 24.9 Å². The number of rotatable bonds is 7. The molecule has 5 nitrogen and oxygen atoms in total. The van der Waals surface area contributed by atoms with Crippen molar-refractivity contribution >= 4 is 6.08 Å². The highest BCUT2D eigenvalue weighted by Gasteiger charge is 2.20. The lowest BCUT2D eigenvalue weighted by molar-refractivity contribution is 0.180. The summed E-state index contributed by atoms with van der Waals surface area (Å²) in [5.74, 6) is 1.53. The summed E-state index contributed by atoms with van der Waals surface area (Å²) in [5, 5.41) is 7.69. The molecule has 0 spiro atoms. The second-order valence-electron chi connectivity index (χ2n) is 6.25. The van der Waals surface area contributed by atoms with Crippen LogP contribution in [0.25, 0.3) is 6.08 Å². The molecule has 1 saturated heterocycles. The molecular formula is C19H26N4O. The van der Waals surface area contributed by atoms with Crippen molar-refractivity contribution in [2.24, 2.45) is 0 Å². The Morgan fingerprint density at radius 3 is 3.00 bits per heavy atom. The zero-order valence-corrected chi connectivity index (χ0v) is 14.3. The normalized spacial score (nSPS) is 19.1. The quantitative estimate of drug-likeness (QED) is 0.848. The summed E-state index contributed by atoms with van der Waals surface area (Å²) in [7, 11) is 0. The Bertz CT molecular complexity index is 638. The monoisotopic (exact) mass is 326 g/mol. The van der Waals surface area contributed by atoms with Gasteiger partial charge in [0.1, 0.15) is 0 Å². The Labute approximate surface area is 143 Å². The van der Waals surface area contributed by atoms with E-state index in [0.29, 0.717) is 6.04 Å². The van der Waals surface area contributed by atoms with E-state index in [9.17, 15) is 0 Å². The molecule has 128 valence electrons. The van der Waals surface area contributed by atoms with Gasteiger partial charge >= 0.3 is 0 Å². The van der Waals surface area contributed by atoms with Crippen LogP contribution >= 0.6 is 0 Å². The van der Waals surface area contributed by atoms with Crippen molar-refractivity contribution in [2.45, 2.75) is 38.8 Å². The molecule has 1 atom stereocenters. The molecule has 0 radical (unpaired) electrons. The summed E-state index contributed by atoms with van der Waals surface area (Å²) >= 11 is 0. The Morgan fingerprint density at radius 2 is 2.21 bits per heavy atom.